The largest absolute Gasteiger partial charge is 0.395 e. The molecular weight excluding hydrogens is 246 g/mol. The molecule has 0 saturated heterocycles. The Hall–Kier alpha value is -1.38. The van der Waals surface area contributed by atoms with Gasteiger partial charge in [-0.3, -0.25) is 0 Å². The molecule has 0 spiro atoms. The lowest BCUT2D eigenvalue weighted by molar-refractivity contribution is 0.215. The predicted molar refractivity (Wildman–Crippen MR) is 85.8 cm³/mol. The molecule has 0 aliphatic rings. The van der Waals surface area contributed by atoms with Crippen molar-refractivity contribution in [3.8, 4) is 0 Å². The van der Waals surface area contributed by atoms with Gasteiger partial charge < -0.3 is 10.4 Å². The molecule has 0 heterocycles. The number of benzene rings is 2. The molecule has 2 heteroatoms. The average Bonchev–Trinajstić information content (AvgIpc) is 2.45. The highest BCUT2D eigenvalue weighted by atomic mass is 16.3. The third-order valence-corrected chi connectivity index (χ3v) is 3.75. The highest BCUT2D eigenvalue weighted by Crippen LogP contribution is 2.24. The summed E-state index contributed by atoms with van der Waals surface area (Å²) < 4.78 is 0. The van der Waals surface area contributed by atoms with Crippen LogP contribution in [0.2, 0.25) is 0 Å². The Morgan fingerprint density at radius 2 is 1.70 bits per heavy atom. The maximum Gasteiger partial charge on any atom is 0.0584 e. The second-order valence-electron chi connectivity index (χ2n) is 5.97. The Bertz CT molecular complexity index is 545. The molecule has 2 aromatic carbocycles. The lowest BCUT2D eigenvalue weighted by Gasteiger charge is -2.24. The van der Waals surface area contributed by atoms with Crippen LogP contribution in [0.15, 0.2) is 42.5 Å². The molecule has 2 N–H and O–H groups in total. The maximum absolute atomic E-state index is 9.52. The van der Waals surface area contributed by atoms with Crippen LogP contribution in [0, 0.1) is 5.92 Å². The van der Waals surface area contributed by atoms with E-state index in [9.17, 15) is 5.11 Å². The van der Waals surface area contributed by atoms with E-state index in [0.29, 0.717) is 5.92 Å². The minimum atomic E-state index is 0.156. The van der Waals surface area contributed by atoms with Crippen molar-refractivity contribution in [3.05, 3.63) is 48.0 Å². The van der Waals surface area contributed by atoms with Gasteiger partial charge in [0.1, 0.15) is 0 Å². The van der Waals surface area contributed by atoms with E-state index < -0.39 is 0 Å². The number of aliphatic hydroxyl groups excluding tert-OH is 1. The Morgan fingerprint density at radius 1 is 1.00 bits per heavy atom. The zero-order chi connectivity index (χ0) is 14.5. The first kappa shape index (κ1) is 15.0. The Labute approximate surface area is 121 Å². The normalized spacial score (nSPS) is 14.7. The van der Waals surface area contributed by atoms with Crippen LogP contribution in [0.25, 0.3) is 10.8 Å². The molecule has 0 aliphatic heterocycles. The lowest BCUT2D eigenvalue weighted by atomic mass is 9.97. The minimum absolute atomic E-state index is 0.156. The average molecular weight is 271 g/mol. The van der Waals surface area contributed by atoms with Crippen molar-refractivity contribution in [2.75, 3.05) is 6.61 Å². The van der Waals surface area contributed by atoms with Gasteiger partial charge in [-0.25, -0.2) is 0 Å². The highest BCUT2D eigenvalue weighted by Gasteiger charge is 2.15. The first-order valence-electron chi connectivity index (χ1n) is 7.46. The molecule has 2 rings (SSSR count). The second kappa shape index (κ2) is 6.87. The summed E-state index contributed by atoms with van der Waals surface area (Å²) in [5.41, 5.74) is 1.30. The van der Waals surface area contributed by atoms with Crippen LogP contribution in [0.4, 0.5) is 0 Å². The van der Waals surface area contributed by atoms with Crippen molar-refractivity contribution in [2.45, 2.75) is 39.3 Å². The first-order valence-corrected chi connectivity index (χ1v) is 7.46. The number of hydrogen-bond acceptors (Lipinski definition) is 2. The summed E-state index contributed by atoms with van der Waals surface area (Å²) in [5, 5.41) is 15.6. The molecule has 0 bridgehead atoms. The summed E-state index contributed by atoms with van der Waals surface area (Å²) >= 11 is 0. The van der Waals surface area contributed by atoms with Crippen LogP contribution < -0.4 is 5.32 Å². The van der Waals surface area contributed by atoms with Crippen molar-refractivity contribution in [1.82, 2.24) is 5.32 Å². The van der Waals surface area contributed by atoms with E-state index in [-0.39, 0.29) is 18.7 Å². The van der Waals surface area contributed by atoms with Gasteiger partial charge in [0.2, 0.25) is 0 Å². The molecule has 0 aliphatic carbocycles. The Balaban J connectivity index is 2.20. The fraction of sp³-hybridized carbons (Fsp3) is 0.444. The summed E-state index contributed by atoms with van der Waals surface area (Å²) in [5.74, 6) is 0.583. The van der Waals surface area contributed by atoms with Gasteiger partial charge in [-0.2, -0.15) is 0 Å². The summed E-state index contributed by atoms with van der Waals surface area (Å²) in [7, 11) is 0. The Morgan fingerprint density at radius 3 is 2.40 bits per heavy atom. The number of fused-ring (bicyclic) bond motifs is 1. The molecule has 2 aromatic rings. The van der Waals surface area contributed by atoms with E-state index in [1.165, 1.54) is 16.3 Å². The third kappa shape index (κ3) is 3.59. The molecule has 2 nitrogen and oxygen atoms in total. The maximum atomic E-state index is 9.52. The number of nitrogens with one attached hydrogen (secondary N) is 1. The summed E-state index contributed by atoms with van der Waals surface area (Å²) in [6, 6.07) is 15.3. The SMILES string of the molecule is CC(C)CC(CO)NC(C)c1cccc2ccccc12. The van der Waals surface area contributed by atoms with Crippen molar-refractivity contribution in [1.29, 1.82) is 0 Å². The van der Waals surface area contributed by atoms with E-state index in [2.05, 4.69) is 68.6 Å². The molecule has 0 fully saturated rings. The zero-order valence-electron chi connectivity index (χ0n) is 12.6. The number of aliphatic hydroxyl groups is 1. The van der Waals surface area contributed by atoms with Crippen molar-refractivity contribution in [2.24, 2.45) is 5.92 Å². The zero-order valence-corrected chi connectivity index (χ0v) is 12.6. The van der Waals surface area contributed by atoms with E-state index in [4.69, 9.17) is 0 Å². The summed E-state index contributed by atoms with van der Waals surface area (Å²) in [6.45, 7) is 6.73. The standard InChI is InChI=1S/C18H25NO/c1-13(2)11-16(12-20)19-14(3)17-10-6-8-15-7-4-5-9-18(15)17/h4-10,13-14,16,19-20H,11-12H2,1-3H3. The lowest BCUT2D eigenvalue weighted by Crippen LogP contribution is -2.35. The fourth-order valence-corrected chi connectivity index (χ4v) is 2.84. The van der Waals surface area contributed by atoms with Crippen molar-refractivity contribution >= 4 is 10.8 Å². The fourth-order valence-electron chi connectivity index (χ4n) is 2.84. The van der Waals surface area contributed by atoms with E-state index in [0.717, 1.165) is 6.42 Å². The minimum Gasteiger partial charge on any atom is -0.395 e. The molecule has 0 amide bonds. The molecule has 0 aromatic heterocycles. The monoisotopic (exact) mass is 271 g/mol. The molecule has 2 unspecified atom stereocenters. The summed E-state index contributed by atoms with van der Waals surface area (Å²) in [6.07, 6.45) is 0.992. The van der Waals surface area contributed by atoms with Crippen molar-refractivity contribution < 1.29 is 5.11 Å². The molecule has 20 heavy (non-hydrogen) atoms. The van der Waals surface area contributed by atoms with Crippen LogP contribution in [0.3, 0.4) is 0 Å². The summed E-state index contributed by atoms with van der Waals surface area (Å²) in [4.78, 5) is 0. The van der Waals surface area contributed by atoms with Gasteiger partial charge in [0.25, 0.3) is 0 Å². The molecule has 0 radical (unpaired) electrons. The van der Waals surface area contributed by atoms with Gasteiger partial charge in [-0.15, -0.1) is 0 Å². The van der Waals surface area contributed by atoms with Crippen molar-refractivity contribution in [3.63, 3.8) is 0 Å². The van der Waals surface area contributed by atoms with Gasteiger partial charge in [0.05, 0.1) is 6.61 Å². The molecule has 0 saturated carbocycles. The number of rotatable bonds is 6. The number of hydrogen-bond donors (Lipinski definition) is 2. The van der Waals surface area contributed by atoms with Gasteiger partial charge in [0.15, 0.2) is 0 Å². The van der Waals surface area contributed by atoms with Crippen LogP contribution in [0.5, 0.6) is 0 Å². The predicted octanol–water partition coefficient (Wildman–Crippen LogP) is 3.90. The molecule has 2 atom stereocenters. The van der Waals surface area contributed by atoms with Gasteiger partial charge in [-0.1, -0.05) is 56.3 Å². The molecule has 108 valence electrons. The third-order valence-electron chi connectivity index (χ3n) is 3.75. The van der Waals surface area contributed by atoms with E-state index in [1.54, 1.807) is 0 Å². The van der Waals surface area contributed by atoms with Crippen LogP contribution in [-0.2, 0) is 0 Å². The first-order chi connectivity index (χ1) is 9.61. The van der Waals surface area contributed by atoms with Crippen LogP contribution in [-0.4, -0.2) is 17.8 Å². The van der Waals surface area contributed by atoms with E-state index in [1.807, 2.05) is 0 Å². The topological polar surface area (TPSA) is 32.3 Å². The quantitative estimate of drug-likeness (QED) is 0.835. The smallest absolute Gasteiger partial charge is 0.0584 e. The Kier molecular flexibility index (Phi) is 5.16. The van der Waals surface area contributed by atoms with E-state index >= 15 is 0 Å². The van der Waals surface area contributed by atoms with Crippen LogP contribution >= 0.6 is 0 Å². The van der Waals surface area contributed by atoms with Gasteiger partial charge in [0, 0.05) is 12.1 Å². The van der Waals surface area contributed by atoms with Gasteiger partial charge in [-0.05, 0) is 35.6 Å². The van der Waals surface area contributed by atoms with Crippen LogP contribution in [0.1, 0.15) is 38.8 Å². The highest BCUT2D eigenvalue weighted by molar-refractivity contribution is 5.86. The second-order valence-corrected chi connectivity index (χ2v) is 5.97. The molecular formula is C18H25NO. The van der Waals surface area contributed by atoms with Gasteiger partial charge >= 0.3 is 0 Å².